The Labute approximate surface area is 109 Å². The van der Waals surface area contributed by atoms with E-state index in [0.29, 0.717) is 6.04 Å². The number of nitrogens with one attached hydrogen (secondary N) is 1. The van der Waals surface area contributed by atoms with Crippen LogP contribution in [0.2, 0.25) is 0 Å². The van der Waals surface area contributed by atoms with Gasteiger partial charge in [0, 0.05) is 18.6 Å². The van der Waals surface area contributed by atoms with E-state index in [0.717, 1.165) is 24.4 Å². The summed E-state index contributed by atoms with van der Waals surface area (Å²) in [4.78, 5) is 2.73. The molecule has 2 nitrogen and oxygen atoms in total. The number of nitrogens with zero attached hydrogens (tertiary/aromatic N) is 1. The van der Waals surface area contributed by atoms with Crippen molar-refractivity contribution < 1.29 is 0 Å². The van der Waals surface area contributed by atoms with Crippen LogP contribution in [-0.4, -0.2) is 18.6 Å². The average Bonchev–Trinajstić information content (AvgIpc) is 3.01. The van der Waals surface area contributed by atoms with Crippen molar-refractivity contribution in [2.75, 3.05) is 16.8 Å². The van der Waals surface area contributed by atoms with Gasteiger partial charge in [0.1, 0.15) is 0 Å². The van der Waals surface area contributed by atoms with Gasteiger partial charge in [0.15, 0.2) is 0 Å². The van der Waals surface area contributed by atoms with Crippen molar-refractivity contribution >= 4 is 11.4 Å². The number of benzene rings is 1. The molecular formula is C16H22N2. The van der Waals surface area contributed by atoms with Crippen LogP contribution in [0.15, 0.2) is 24.3 Å². The third-order valence-electron chi connectivity index (χ3n) is 5.30. The van der Waals surface area contributed by atoms with Crippen LogP contribution in [0.1, 0.15) is 32.6 Å². The van der Waals surface area contributed by atoms with Crippen LogP contribution in [0, 0.1) is 11.8 Å². The first-order valence-electron chi connectivity index (χ1n) is 7.44. The third kappa shape index (κ3) is 1.47. The number of fused-ring (bicyclic) bond motifs is 3. The second-order valence-electron chi connectivity index (χ2n) is 6.40. The van der Waals surface area contributed by atoms with E-state index in [4.69, 9.17) is 0 Å². The molecular weight excluding hydrogens is 220 g/mol. The van der Waals surface area contributed by atoms with Crippen molar-refractivity contribution in [3.05, 3.63) is 24.3 Å². The average molecular weight is 242 g/mol. The SMILES string of the molecule is CC1CNc2ccccc2N1C1CC2CCC1C2. The predicted octanol–water partition coefficient (Wildman–Crippen LogP) is 3.50. The van der Waals surface area contributed by atoms with E-state index in [1.165, 1.54) is 37.1 Å². The maximum Gasteiger partial charge on any atom is 0.0607 e. The molecule has 0 amide bonds. The lowest BCUT2D eigenvalue weighted by molar-refractivity contribution is 0.373. The molecule has 4 unspecified atom stereocenters. The normalized spacial score (nSPS) is 37.5. The fraction of sp³-hybridized carbons (Fsp3) is 0.625. The molecule has 4 rings (SSSR count). The molecule has 0 aromatic heterocycles. The molecule has 0 spiro atoms. The van der Waals surface area contributed by atoms with E-state index >= 15 is 0 Å². The first-order chi connectivity index (χ1) is 8.83. The fourth-order valence-corrected chi connectivity index (χ4v) is 4.50. The van der Waals surface area contributed by atoms with Crippen LogP contribution in [-0.2, 0) is 0 Å². The zero-order valence-corrected chi connectivity index (χ0v) is 11.1. The number of rotatable bonds is 1. The molecule has 1 N–H and O–H groups in total. The molecule has 0 saturated heterocycles. The fourth-order valence-electron chi connectivity index (χ4n) is 4.50. The van der Waals surface area contributed by atoms with Gasteiger partial charge in [-0.1, -0.05) is 18.6 Å². The summed E-state index contributed by atoms with van der Waals surface area (Å²) in [7, 11) is 0. The lowest BCUT2D eigenvalue weighted by Gasteiger charge is -2.44. The van der Waals surface area contributed by atoms with E-state index in [-0.39, 0.29) is 0 Å². The van der Waals surface area contributed by atoms with E-state index in [1.807, 2.05) is 0 Å². The van der Waals surface area contributed by atoms with Gasteiger partial charge >= 0.3 is 0 Å². The number of hydrogen-bond acceptors (Lipinski definition) is 2. The highest BCUT2D eigenvalue weighted by molar-refractivity contribution is 5.73. The zero-order valence-electron chi connectivity index (χ0n) is 11.1. The van der Waals surface area contributed by atoms with Gasteiger partial charge < -0.3 is 10.2 Å². The molecule has 1 aromatic rings. The minimum atomic E-state index is 0.629. The highest BCUT2D eigenvalue weighted by atomic mass is 15.3. The molecule has 2 bridgehead atoms. The second-order valence-corrected chi connectivity index (χ2v) is 6.40. The van der Waals surface area contributed by atoms with Crippen LogP contribution in [0.3, 0.4) is 0 Å². The Morgan fingerprint density at radius 2 is 2.06 bits per heavy atom. The van der Waals surface area contributed by atoms with Gasteiger partial charge in [-0.25, -0.2) is 0 Å². The summed E-state index contributed by atoms with van der Waals surface area (Å²) >= 11 is 0. The monoisotopic (exact) mass is 242 g/mol. The molecule has 96 valence electrons. The lowest BCUT2D eigenvalue weighted by Crippen LogP contribution is -2.50. The summed E-state index contributed by atoms with van der Waals surface area (Å²) in [6.45, 7) is 3.46. The molecule has 2 heteroatoms. The Hall–Kier alpha value is -1.18. The Morgan fingerprint density at radius 3 is 2.83 bits per heavy atom. The van der Waals surface area contributed by atoms with E-state index < -0.39 is 0 Å². The summed E-state index contributed by atoms with van der Waals surface area (Å²) < 4.78 is 0. The number of para-hydroxylation sites is 2. The van der Waals surface area contributed by atoms with Crippen LogP contribution in [0.5, 0.6) is 0 Å². The molecule has 2 fully saturated rings. The molecule has 0 radical (unpaired) electrons. The van der Waals surface area contributed by atoms with E-state index in [9.17, 15) is 0 Å². The first-order valence-corrected chi connectivity index (χ1v) is 7.44. The lowest BCUT2D eigenvalue weighted by atomic mass is 9.91. The molecule has 4 atom stereocenters. The minimum absolute atomic E-state index is 0.629. The summed E-state index contributed by atoms with van der Waals surface area (Å²) in [5.41, 5.74) is 2.77. The number of hydrogen-bond donors (Lipinski definition) is 1. The van der Waals surface area contributed by atoms with Crippen LogP contribution in [0.25, 0.3) is 0 Å². The van der Waals surface area contributed by atoms with Crippen molar-refractivity contribution in [3.63, 3.8) is 0 Å². The molecule has 18 heavy (non-hydrogen) atoms. The number of anilines is 2. The molecule has 2 aliphatic carbocycles. The van der Waals surface area contributed by atoms with Crippen molar-refractivity contribution in [2.45, 2.75) is 44.7 Å². The largest absolute Gasteiger partial charge is 0.381 e. The maximum absolute atomic E-state index is 3.57. The van der Waals surface area contributed by atoms with Gasteiger partial charge in [-0.05, 0) is 50.2 Å². The first kappa shape index (κ1) is 10.7. The smallest absolute Gasteiger partial charge is 0.0607 e. The molecule has 2 saturated carbocycles. The highest BCUT2D eigenvalue weighted by Crippen LogP contribution is 2.49. The quantitative estimate of drug-likeness (QED) is 0.811. The minimum Gasteiger partial charge on any atom is -0.381 e. The van der Waals surface area contributed by atoms with Crippen molar-refractivity contribution in [2.24, 2.45) is 11.8 Å². The standard InChI is InChI=1S/C16H22N2/c1-11-10-17-14-4-2-3-5-15(14)18(11)16-9-12-6-7-13(16)8-12/h2-5,11-13,16-17H,6-10H2,1H3. The maximum atomic E-state index is 3.57. The van der Waals surface area contributed by atoms with Gasteiger partial charge in [0.2, 0.25) is 0 Å². The second kappa shape index (κ2) is 3.91. The predicted molar refractivity (Wildman–Crippen MR) is 76.1 cm³/mol. The molecule has 1 aliphatic heterocycles. The zero-order chi connectivity index (χ0) is 12.1. The Balaban J connectivity index is 1.71. The van der Waals surface area contributed by atoms with Gasteiger partial charge in [0.05, 0.1) is 11.4 Å². The van der Waals surface area contributed by atoms with Crippen molar-refractivity contribution in [1.29, 1.82) is 0 Å². The summed E-state index contributed by atoms with van der Waals surface area (Å²) in [6.07, 6.45) is 5.88. The van der Waals surface area contributed by atoms with Gasteiger partial charge in [-0.3, -0.25) is 0 Å². The van der Waals surface area contributed by atoms with E-state index in [2.05, 4.69) is 41.4 Å². The van der Waals surface area contributed by atoms with Crippen LogP contribution < -0.4 is 10.2 Å². The highest BCUT2D eigenvalue weighted by Gasteiger charge is 2.44. The molecule has 1 heterocycles. The topological polar surface area (TPSA) is 15.3 Å². The van der Waals surface area contributed by atoms with Crippen molar-refractivity contribution in [1.82, 2.24) is 0 Å². The third-order valence-corrected chi connectivity index (χ3v) is 5.30. The summed E-state index contributed by atoms with van der Waals surface area (Å²) in [6, 6.07) is 10.3. The van der Waals surface area contributed by atoms with Gasteiger partial charge in [0.25, 0.3) is 0 Å². The molecule has 3 aliphatic rings. The summed E-state index contributed by atoms with van der Waals surface area (Å²) in [5.74, 6) is 1.98. The van der Waals surface area contributed by atoms with Crippen LogP contribution >= 0.6 is 0 Å². The summed E-state index contributed by atoms with van der Waals surface area (Å²) in [5, 5.41) is 3.57. The van der Waals surface area contributed by atoms with E-state index in [1.54, 1.807) is 0 Å². The van der Waals surface area contributed by atoms with Crippen molar-refractivity contribution in [3.8, 4) is 0 Å². The van der Waals surface area contributed by atoms with Gasteiger partial charge in [-0.2, -0.15) is 0 Å². The Morgan fingerprint density at radius 1 is 1.17 bits per heavy atom. The van der Waals surface area contributed by atoms with Crippen LogP contribution in [0.4, 0.5) is 11.4 Å². The Kier molecular flexibility index (Phi) is 2.33. The Bertz CT molecular complexity index is 456. The molecule has 1 aromatic carbocycles. The van der Waals surface area contributed by atoms with Gasteiger partial charge in [-0.15, -0.1) is 0 Å².